The Labute approximate surface area is 136 Å². The van der Waals surface area contributed by atoms with Gasteiger partial charge in [0.15, 0.2) is 0 Å². The Hall–Kier alpha value is -1.33. The normalized spacial score (nSPS) is 19.8. The van der Waals surface area contributed by atoms with E-state index in [0.29, 0.717) is 24.3 Å². The second-order valence-electron chi connectivity index (χ2n) is 6.04. The number of likely N-dealkylation sites (tertiary alicyclic amines) is 1. The molecule has 2 heterocycles. The van der Waals surface area contributed by atoms with Gasteiger partial charge < -0.3 is 15.0 Å². The molecule has 6 heteroatoms. The van der Waals surface area contributed by atoms with E-state index in [1.54, 1.807) is 17.0 Å². The molecule has 0 atom stereocenters. The molecule has 0 aromatic heterocycles. The van der Waals surface area contributed by atoms with E-state index in [1.165, 1.54) is 19.6 Å². The number of carbonyl (C=O) groups is 1. The lowest BCUT2D eigenvalue weighted by molar-refractivity contribution is 0.0600. The van der Waals surface area contributed by atoms with E-state index >= 15 is 0 Å². The smallest absolute Gasteiger partial charge is 0.260 e. The van der Waals surface area contributed by atoms with Gasteiger partial charge >= 0.3 is 0 Å². The Bertz CT molecular complexity index is 537. The summed E-state index contributed by atoms with van der Waals surface area (Å²) in [6.07, 6.45) is 3.16. The minimum atomic E-state index is -0.512. The van der Waals surface area contributed by atoms with Crippen molar-refractivity contribution in [3.63, 3.8) is 0 Å². The maximum absolute atomic E-state index is 14.0. The molecule has 0 aliphatic carbocycles. The number of hydrogen-bond donors (Lipinski definition) is 1. The monoisotopic (exact) mass is 328 g/mol. The molecule has 2 fully saturated rings. The fourth-order valence-electron chi connectivity index (χ4n) is 3.45. The summed E-state index contributed by atoms with van der Waals surface area (Å²) < 4.78 is 19.1. The Morgan fingerprint density at radius 1 is 1.32 bits per heavy atom. The highest BCUT2D eigenvalue weighted by atomic mass is 35.5. The predicted octanol–water partition coefficient (Wildman–Crippen LogP) is 2.47. The van der Waals surface area contributed by atoms with E-state index in [9.17, 15) is 9.18 Å². The molecule has 1 aromatic rings. The lowest BCUT2D eigenvalue weighted by Gasteiger charge is -2.39. The van der Waals surface area contributed by atoms with Gasteiger partial charge in [0.25, 0.3) is 5.91 Å². The van der Waals surface area contributed by atoms with Gasteiger partial charge in [-0.1, -0.05) is 6.07 Å². The topological polar surface area (TPSA) is 41.6 Å². The number of amides is 1. The van der Waals surface area contributed by atoms with Gasteiger partial charge in [0, 0.05) is 19.6 Å². The first-order valence-corrected chi connectivity index (χ1v) is 7.48. The second kappa shape index (κ2) is 6.84. The number of methoxy groups -OCH3 is 1. The van der Waals surface area contributed by atoms with Crippen molar-refractivity contribution in [3.05, 3.63) is 29.6 Å². The van der Waals surface area contributed by atoms with Crippen LogP contribution in [0.4, 0.5) is 4.39 Å². The van der Waals surface area contributed by atoms with Crippen molar-refractivity contribution in [2.24, 2.45) is 5.41 Å². The molecule has 0 radical (unpaired) electrons. The number of nitrogens with one attached hydrogen (secondary N) is 1. The van der Waals surface area contributed by atoms with Crippen molar-refractivity contribution < 1.29 is 13.9 Å². The van der Waals surface area contributed by atoms with Crippen LogP contribution >= 0.6 is 12.4 Å². The van der Waals surface area contributed by atoms with Crippen molar-refractivity contribution in [2.75, 3.05) is 33.3 Å². The van der Waals surface area contributed by atoms with E-state index in [1.807, 2.05) is 0 Å². The average Bonchev–Trinajstić information content (AvgIpc) is 2.95. The van der Waals surface area contributed by atoms with Gasteiger partial charge in [-0.3, -0.25) is 4.79 Å². The van der Waals surface area contributed by atoms with E-state index in [2.05, 4.69) is 5.32 Å². The molecule has 0 bridgehead atoms. The molecule has 1 spiro atoms. The minimum Gasteiger partial charge on any atom is -0.496 e. The highest BCUT2D eigenvalue weighted by Crippen LogP contribution is 2.37. The summed E-state index contributed by atoms with van der Waals surface area (Å²) >= 11 is 0. The number of carbonyl (C=O) groups excluding carboxylic acids is 1. The zero-order valence-corrected chi connectivity index (χ0v) is 13.5. The molecule has 2 saturated heterocycles. The van der Waals surface area contributed by atoms with Gasteiger partial charge in [-0.15, -0.1) is 12.4 Å². The lowest BCUT2D eigenvalue weighted by Crippen LogP contribution is -2.44. The van der Waals surface area contributed by atoms with Gasteiger partial charge in [-0.25, -0.2) is 4.39 Å². The van der Waals surface area contributed by atoms with Crippen molar-refractivity contribution in [1.29, 1.82) is 0 Å². The largest absolute Gasteiger partial charge is 0.496 e. The van der Waals surface area contributed by atoms with Crippen LogP contribution < -0.4 is 10.1 Å². The zero-order valence-electron chi connectivity index (χ0n) is 12.7. The first-order chi connectivity index (χ1) is 10.2. The molecule has 0 saturated carbocycles. The number of ether oxygens (including phenoxy) is 1. The fourth-order valence-corrected chi connectivity index (χ4v) is 3.45. The van der Waals surface area contributed by atoms with Crippen LogP contribution in [0, 0.1) is 11.2 Å². The molecular formula is C16H22ClFN2O2. The zero-order chi connectivity index (χ0) is 14.9. The summed E-state index contributed by atoms with van der Waals surface area (Å²) in [6, 6.07) is 4.49. The molecule has 4 nitrogen and oxygen atoms in total. The molecular weight excluding hydrogens is 307 g/mol. The molecule has 2 aliphatic heterocycles. The van der Waals surface area contributed by atoms with Gasteiger partial charge in [0.1, 0.15) is 17.1 Å². The van der Waals surface area contributed by atoms with E-state index in [-0.39, 0.29) is 23.9 Å². The summed E-state index contributed by atoms with van der Waals surface area (Å²) in [7, 11) is 1.46. The van der Waals surface area contributed by atoms with Gasteiger partial charge in [-0.2, -0.15) is 0 Å². The third-order valence-electron chi connectivity index (χ3n) is 4.85. The highest BCUT2D eigenvalue weighted by Gasteiger charge is 2.38. The molecule has 3 rings (SSSR count). The van der Waals surface area contributed by atoms with Crippen LogP contribution in [-0.4, -0.2) is 44.1 Å². The summed E-state index contributed by atoms with van der Waals surface area (Å²) in [5.74, 6) is -0.462. The number of piperidine rings is 1. The number of halogens is 2. The minimum absolute atomic E-state index is 0. The van der Waals surface area contributed by atoms with Crippen molar-refractivity contribution in [3.8, 4) is 5.75 Å². The Morgan fingerprint density at radius 2 is 2.05 bits per heavy atom. The van der Waals surface area contributed by atoms with Gasteiger partial charge in [0.2, 0.25) is 0 Å². The Morgan fingerprint density at radius 3 is 2.64 bits per heavy atom. The number of benzene rings is 1. The highest BCUT2D eigenvalue weighted by molar-refractivity contribution is 5.97. The summed E-state index contributed by atoms with van der Waals surface area (Å²) in [5.41, 5.74) is 0.399. The first-order valence-electron chi connectivity index (χ1n) is 7.48. The van der Waals surface area contributed by atoms with E-state index < -0.39 is 5.82 Å². The van der Waals surface area contributed by atoms with E-state index in [4.69, 9.17) is 4.74 Å². The maximum Gasteiger partial charge on any atom is 0.260 e. The summed E-state index contributed by atoms with van der Waals surface area (Å²) in [4.78, 5) is 14.3. The van der Waals surface area contributed by atoms with Crippen LogP contribution in [0.3, 0.4) is 0 Å². The van der Waals surface area contributed by atoms with Crippen LogP contribution in [0.25, 0.3) is 0 Å². The van der Waals surface area contributed by atoms with Crippen molar-refractivity contribution in [2.45, 2.75) is 19.3 Å². The quantitative estimate of drug-likeness (QED) is 0.907. The van der Waals surface area contributed by atoms with Crippen molar-refractivity contribution in [1.82, 2.24) is 10.2 Å². The molecule has 1 aromatic carbocycles. The number of hydrogen-bond acceptors (Lipinski definition) is 3. The van der Waals surface area contributed by atoms with Gasteiger partial charge in [0.05, 0.1) is 7.11 Å². The second-order valence-corrected chi connectivity index (χ2v) is 6.04. The molecule has 122 valence electrons. The number of rotatable bonds is 2. The molecule has 1 amide bonds. The molecule has 0 unspecified atom stereocenters. The molecule has 2 aliphatic rings. The van der Waals surface area contributed by atoms with Crippen LogP contribution in [0.2, 0.25) is 0 Å². The molecule has 1 N–H and O–H groups in total. The third-order valence-corrected chi connectivity index (χ3v) is 4.85. The van der Waals surface area contributed by atoms with Crippen LogP contribution in [0.15, 0.2) is 18.2 Å². The van der Waals surface area contributed by atoms with Crippen LogP contribution in [0.1, 0.15) is 29.6 Å². The standard InChI is InChI=1S/C16H21FN2O2.ClH/c1-21-13-4-2-3-12(17)14(13)15(20)19-9-6-16(7-10-19)5-8-18-11-16;/h2-4,18H,5-11H2,1H3;1H. The lowest BCUT2D eigenvalue weighted by atomic mass is 9.78. The Balaban J connectivity index is 0.00000176. The summed E-state index contributed by atoms with van der Waals surface area (Å²) in [6.45, 7) is 3.49. The van der Waals surface area contributed by atoms with Gasteiger partial charge in [-0.05, 0) is 43.4 Å². The SMILES string of the molecule is COc1cccc(F)c1C(=O)N1CCC2(CCNC2)CC1.Cl. The van der Waals surface area contributed by atoms with Crippen LogP contribution in [-0.2, 0) is 0 Å². The predicted molar refractivity (Wildman–Crippen MR) is 85.3 cm³/mol. The van der Waals surface area contributed by atoms with Crippen LogP contribution in [0.5, 0.6) is 5.75 Å². The third kappa shape index (κ3) is 3.06. The first kappa shape index (κ1) is 17.0. The number of nitrogens with zero attached hydrogens (tertiary/aromatic N) is 1. The van der Waals surface area contributed by atoms with Crippen molar-refractivity contribution >= 4 is 18.3 Å². The average molecular weight is 329 g/mol. The fraction of sp³-hybridized carbons (Fsp3) is 0.562. The van der Waals surface area contributed by atoms with E-state index in [0.717, 1.165) is 25.9 Å². The summed E-state index contributed by atoms with van der Waals surface area (Å²) in [5, 5.41) is 3.40. The maximum atomic E-state index is 14.0. The Kier molecular flexibility index (Phi) is 5.29. The molecule has 22 heavy (non-hydrogen) atoms.